The van der Waals surface area contributed by atoms with Crippen molar-refractivity contribution in [3.63, 3.8) is 0 Å². The van der Waals surface area contributed by atoms with Crippen molar-refractivity contribution < 1.29 is 4.79 Å². The number of nitrogens with zero attached hydrogens (tertiary/aromatic N) is 7. The molecule has 2 aromatic rings. The summed E-state index contributed by atoms with van der Waals surface area (Å²) in [4.78, 5) is 22.2. The molecule has 0 spiro atoms. The molecule has 2 rings (SSSR count). The van der Waals surface area contributed by atoms with Gasteiger partial charge in [0, 0.05) is 20.1 Å². The van der Waals surface area contributed by atoms with Crippen molar-refractivity contribution >= 4 is 28.7 Å². The first-order chi connectivity index (χ1) is 11.2. The van der Waals surface area contributed by atoms with Gasteiger partial charge in [0.25, 0.3) is 0 Å². The standard InChI is InChI=1S/C14H15N7OS/c1-20-13-11(8-19-20)14(18-10-17-13)23-9-12(22)21(6-2-4-15)7-3-5-16/h8,10H,2-3,6-7,9H2,1H3. The highest BCUT2D eigenvalue weighted by atomic mass is 32.2. The van der Waals surface area contributed by atoms with Crippen LogP contribution in [-0.2, 0) is 11.8 Å². The number of carbonyl (C=O) groups is 1. The van der Waals surface area contributed by atoms with Crippen LogP contribution in [0.3, 0.4) is 0 Å². The van der Waals surface area contributed by atoms with Crippen molar-refractivity contribution in [2.75, 3.05) is 18.8 Å². The van der Waals surface area contributed by atoms with Crippen LogP contribution in [0.1, 0.15) is 12.8 Å². The number of amides is 1. The Morgan fingerprint density at radius 1 is 1.30 bits per heavy atom. The summed E-state index contributed by atoms with van der Waals surface area (Å²) in [5.74, 6) is 0.0777. The van der Waals surface area contributed by atoms with Gasteiger partial charge in [0.1, 0.15) is 11.4 Å². The molecule has 8 nitrogen and oxygen atoms in total. The Kier molecular flexibility index (Phi) is 5.89. The largest absolute Gasteiger partial charge is 0.340 e. The number of aromatic nitrogens is 4. The van der Waals surface area contributed by atoms with Crippen molar-refractivity contribution in [2.45, 2.75) is 17.9 Å². The Labute approximate surface area is 137 Å². The molecule has 0 radical (unpaired) electrons. The van der Waals surface area contributed by atoms with Gasteiger partial charge in [-0.1, -0.05) is 11.8 Å². The van der Waals surface area contributed by atoms with E-state index in [1.165, 1.54) is 18.1 Å². The molecule has 0 unspecified atom stereocenters. The van der Waals surface area contributed by atoms with Crippen LogP contribution >= 0.6 is 11.8 Å². The van der Waals surface area contributed by atoms with Crippen LogP contribution < -0.4 is 0 Å². The summed E-state index contributed by atoms with van der Waals surface area (Å²) in [5, 5.41) is 23.0. The zero-order valence-corrected chi connectivity index (χ0v) is 13.5. The lowest BCUT2D eigenvalue weighted by molar-refractivity contribution is -0.128. The summed E-state index contributed by atoms with van der Waals surface area (Å²) in [6.07, 6.45) is 3.62. The molecule has 0 atom stereocenters. The van der Waals surface area contributed by atoms with E-state index in [1.54, 1.807) is 22.8 Å². The van der Waals surface area contributed by atoms with E-state index in [9.17, 15) is 4.79 Å². The monoisotopic (exact) mass is 329 g/mol. The minimum absolute atomic E-state index is 0.115. The number of nitriles is 2. The number of rotatable bonds is 7. The Morgan fingerprint density at radius 3 is 2.65 bits per heavy atom. The van der Waals surface area contributed by atoms with E-state index in [4.69, 9.17) is 10.5 Å². The smallest absolute Gasteiger partial charge is 0.233 e. The lowest BCUT2D eigenvalue weighted by atomic mass is 10.3. The SMILES string of the molecule is Cn1ncc2c(SCC(=O)N(CCC#N)CCC#N)ncnc21. The first kappa shape index (κ1) is 16.7. The topological polar surface area (TPSA) is 111 Å². The van der Waals surface area contributed by atoms with E-state index >= 15 is 0 Å². The van der Waals surface area contributed by atoms with E-state index in [0.717, 1.165) is 5.39 Å². The highest BCUT2D eigenvalue weighted by Crippen LogP contribution is 2.24. The zero-order valence-electron chi connectivity index (χ0n) is 12.6. The second kappa shape index (κ2) is 8.11. The van der Waals surface area contributed by atoms with E-state index in [2.05, 4.69) is 15.1 Å². The number of thioether (sulfide) groups is 1. The molecule has 2 aromatic heterocycles. The molecular formula is C14H15N7OS. The molecule has 0 N–H and O–H groups in total. The number of aryl methyl sites for hydroxylation is 1. The normalized spacial score (nSPS) is 10.2. The Hall–Kier alpha value is -2.65. The summed E-state index contributed by atoms with van der Waals surface area (Å²) >= 11 is 1.31. The third-order valence-corrected chi connectivity index (χ3v) is 4.16. The van der Waals surface area contributed by atoms with Gasteiger partial charge in [-0.25, -0.2) is 9.97 Å². The fraction of sp³-hybridized carbons (Fsp3) is 0.429. The molecule has 118 valence electrons. The average Bonchev–Trinajstić information content (AvgIpc) is 2.95. The van der Waals surface area contributed by atoms with Gasteiger partial charge in [-0.15, -0.1) is 0 Å². The molecule has 0 aliphatic heterocycles. The highest BCUT2D eigenvalue weighted by molar-refractivity contribution is 8.00. The Balaban J connectivity index is 2.03. The maximum Gasteiger partial charge on any atom is 0.233 e. The molecule has 23 heavy (non-hydrogen) atoms. The van der Waals surface area contributed by atoms with Crippen LogP contribution in [0.5, 0.6) is 0 Å². The van der Waals surface area contributed by atoms with Crippen LogP contribution in [0.2, 0.25) is 0 Å². The van der Waals surface area contributed by atoms with Crippen LogP contribution in [-0.4, -0.2) is 49.4 Å². The highest BCUT2D eigenvalue weighted by Gasteiger charge is 2.15. The summed E-state index contributed by atoms with van der Waals surface area (Å²) in [5.41, 5.74) is 0.709. The molecule has 0 saturated heterocycles. The van der Waals surface area contributed by atoms with Gasteiger partial charge in [0.05, 0.1) is 42.3 Å². The Bertz CT molecular complexity index is 756. The maximum absolute atomic E-state index is 12.3. The molecule has 0 saturated carbocycles. The van der Waals surface area contributed by atoms with E-state index in [-0.39, 0.29) is 24.5 Å². The first-order valence-corrected chi connectivity index (χ1v) is 7.93. The summed E-state index contributed by atoms with van der Waals surface area (Å²) < 4.78 is 1.65. The van der Waals surface area contributed by atoms with Crippen LogP contribution in [0.4, 0.5) is 0 Å². The molecule has 0 fully saturated rings. The zero-order chi connectivity index (χ0) is 16.7. The van der Waals surface area contributed by atoms with Crippen molar-refractivity contribution in [3.8, 4) is 12.1 Å². The number of carbonyl (C=O) groups excluding carboxylic acids is 1. The predicted molar refractivity (Wildman–Crippen MR) is 84.1 cm³/mol. The summed E-state index contributed by atoms with van der Waals surface area (Å²) in [7, 11) is 1.79. The quantitative estimate of drug-likeness (QED) is 0.552. The van der Waals surface area contributed by atoms with Crippen molar-refractivity contribution in [2.24, 2.45) is 7.05 Å². The van der Waals surface area contributed by atoms with E-state index in [0.29, 0.717) is 23.8 Å². The molecule has 0 aromatic carbocycles. The third kappa shape index (κ3) is 4.18. The fourth-order valence-corrected chi connectivity index (χ4v) is 2.87. The average molecular weight is 329 g/mol. The van der Waals surface area contributed by atoms with Crippen molar-refractivity contribution in [3.05, 3.63) is 12.5 Å². The predicted octanol–water partition coefficient (Wildman–Crippen LogP) is 1.11. The van der Waals surface area contributed by atoms with Crippen LogP contribution in [0, 0.1) is 22.7 Å². The third-order valence-electron chi connectivity index (χ3n) is 3.17. The second-order valence-electron chi connectivity index (χ2n) is 4.67. The molecule has 2 heterocycles. The van der Waals surface area contributed by atoms with Gasteiger partial charge in [0.15, 0.2) is 5.65 Å². The molecule has 0 aliphatic rings. The number of hydrogen-bond donors (Lipinski definition) is 0. The second-order valence-corrected chi connectivity index (χ2v) is 5.63. The van der Waals surface area contributed by atoms with Gasteiger partial charge in [0.2, 0.25) is 5.91 Å². The van der Waals surface area contributed by atoms with Crippen LogP contribution in [0.15, 0.2) is 17.6 Å². The molecule has 9 heteroatoms. The molecule has 1 amide bonds. The van der Waals surface area contributed by atoms with Gasteiger partial charge >= 0.3 is 0 Å². The van der Waals surface area contributed by atoms with Gasteiger partial charge < -0.3 is 4.90 Å². The van der Waals surface area contributed by atoms with Gasteiger partial charge in [-0.3, -0.25) is 9.48 Å². The van der Waals surface area contributed by atoms with E-state index in [1.807, 2.05) is 12.1 Å². The summed E-state index contributed by atoms with van der Waals surface area (Å²) in [6, 6.07) is 4.03. The molecule has 0 aliphatic carbocycles. The van der Waals surface area contributed by atoms with Crippen molar-refractivity contribution in [1.82, 2.24) is 24.6 Å². The number of hydrogen-bond acceptors (Lipinski definition) is 7. The van der Waals surface area contributed by atoms with Gasteiger partial charge in [-0.05, 0) is 0 Å². The summed E-state index contributed by atoms with van der Waals surface area (Å²) in [6.45, 7) is 0.674. The van der Waals surface area contributed by atoms with Gasteiger partial charge in [-0.2, -0.15) is 15.6 Å². The van der Waals surface area contributed by atoms with Crippen LogP contribution in [0.25, 0.3) is 11.0 Å². The molecule has 0 bridgehead atoms. The fourth-order valence-electron chi connectivity index (χ4n) is 2.01. The van der Waals surface area contributed by atoms with E-state index < -0.39 is 0 Å². The molecular weight excluding hydrogens is 314 g/mol. The Morgan fingerprint density at radius 2 is 2.00 bits per heavy atom. The maximum atomic E-state index is 12.3. The first-order valence-electron chi connectivity index (χ1n) is 6.94. The lowest BCUT2D eigenvalue weighted by Gasteiger charge is -2.19. The van der Waals surface area contributed by atoms with Crippen molar-refractivity contribution in [1.29, 1.82) is 10.5 Å². The minimum Gasteiger partial charge on any atom is -0.340 e. The number of fused-ring (bicyclic) bond motifs is 1. The minimum atomic E-state index is -0.115. The lowest BCUT2D eigenvalue weighted by Crippen LogP contribution is -2.34.